The van der Waals surface area contributed by atoms with E-state index in [1.165, 1.54) is 0 Å². The molecular weight excluding hydrogens is 218 g/mol. The summed E-state index contributed by atoms with van der Waals surface area (Å²) in [5, 5.41) is 0. The second kappa shape index (κ2) is 4.58. The molecule has 0 aromatic carbocycles. The van der Waals surface area contributed by atoms with E-state index < -0.39 is 5.79 Å². The van der Waals surface area contributed by atoms with Crippen molar-refractivity contribution >= 4 is 5.91 Å². The van der Waals surface area contributed by atoms with Gasteiger partial charge < -0.3 is 14.4 Å². The summed E-state index contributed by atoms with van der Waals surface area (Å²) >= 11 is 0. The highest BCUT2D eigenvalue weighted by molar-refractivity contribution is 5.80. The fourth-order valence-corrected chi connectivity index (χ4v) is 3.40. The molecule has 0 N–H and O–H groups in total. The van der Waals surface area contributed by atoms with Crippen LogP contribution in [0.25, 0.3) is 0 Å². The van der Waals surface area contributed by atoms with Gasteiger partial charge in [0.05, 0.1) is 19.1 Å². The van der Waals surface area contributed by atoms with Crippen LogP contribution in [0.3, 0.4) is 0 Å². The minimum absolute atomic E-state index is 0.0585. The number of carbonyl (C=O) groups is 1. The standard InChI is InChI=1S/C13H21NO3/c15-12(14-7-3-4-8-14)11-5-1-2-6-13(11)16-9-10-17-13/h11H,1-10H2. The second-order valence-electron chi connectivity index (χ2n) is 5.34. The molecule has 0 aromatic rings. The Morgan fingerprint density at radius 3 is 2.47 bits per heavy atom. The molecule has 3 fully saturated rings. The first-order chi connectivity index (χ1) is 8.32. The van der Waals surface area contributed by atoms with Gasteiger partial charge in [0.25, 0.3) is 0 Å². The van der Waals surface area contributed by atoms with Gasteiger partial charge in [-0.15, -0.1) is 0 Å². The minimum Gasteiger partial charge on any atom is -0.347 e. The first-order valence-electron chi connectivity index (χ1n) is 6.88. The zero-order valence-electron chi connectivity index (χ0n) is 10.3. The molecule has 17 heavy (non-hydrogen) atoms. The molecule has 2 heterocycles. The highest BCUT2D eigenvalue weighted by atomic mass is 16.7. The van der Waals surface area contributed by atoms with Crippen molar-refractivity contribution in [2.75, 3.05) is 26.3 Å². The van der Waals surface area contributed by atoms with E-state index in [0.29, 0.717) is 13.2 Å². The third-order valence-corrected chi connectivity index (χ3v) is 4.29. The molecule has 4 nitrogen and oxygen atoms in total. The fourth-order valence-electron chi connectivity index (χ4n) is 3.40. The third-order valence-electron chi connectivity index (χ3n) is 4.29. The average molecular weight is 239 g/mol. The maximum atomic E-state index is 12.5. The summed E-state index contributed by atoms with van der Waals surface area (Å²) in [7, 11) is 0. The smallest absolute Gasteiger partial charge is 0.231 e. The monoisotopic (exact) mass is 239 g/mol. The molecule has 4 heteroatoms. The van der Waals surface area contributed by atoms with Crippen LogP contribution >= 0.6 is 0 Å². The van der Waals surface area contributed by atoms with Crippen LogP contribution in [0.1, 0.15) is 38.5 Å². The van der Waals surface area contributed by atoms with E-state index in [0.717, 1.165) is 51.6 Å². The summed E-state index contributed by atoms with van der Waals surface area (Å²) in [5.41, 5.74) is 0. The molecule has 1 amide bonds. The van der Waals surface area contributed by atoms with Gasteiger partial charge in [-0.1, -0.05) is 6.42 Å². The molecule has 1 unspecified atom stereocenters. The predicted molar refractivity (Wildman–Crippen MR) is 62.4 cm³/mol. The summed E-state index contributed by atoms with van der Waals surface area (Å²) in [4.78, 5) is 14.5. The number of likely N-dealkylation sites (tertiary alicyclic amines) is 1. The minimum atomic E-state index is -0.572. The maximum Gasteiger partial charge on any atom is 0.231 e. The average Bonchev–Trinajstić information content (AvgIpc) is 3.00. The zero-order valence-corrected chi connectivity index (χ0v) is 10.3. The lowest BCUT2D eigenvalue weighted by molar-refractivity contribution is -0.216. The van der Waals surface area contributed by atoms with E-state index >= 15 is 0 Å². The number of ether oxygens (including phenoxy) is 2. The van der Waals surface area contributed by atoms with E-state index in [1.54, 1.807) is 0 Å². The Bertz CT molecular complexity index is 293. The topological polar surface area (TPSA) is 38.8 Å². The molecule has 96 valence electrons. The van der Waals surface area contributed by atoms with Crippen molar-refractivity contribution in [3.63, 3.8) is 0 Å². The van der Waals surface area contributed by atoms with Gasteiger partial charge in [-0.2, -0.15) is 0 Å². The highest BCUT2D eigenvalue weighted by Crippen LogP contribution is 2.41. The molecule has 1 saturated carbocycles. The lowest BCUT2D eigenvalue weighted by Gasteiger charge is -2.39. The summed E-state index contributed by atoms with van der Waals surface area (Å²) in [6.07, 6.45) is 6.34. The van der Waals surface area contributed by atoms with Gasteiger partial charge in [0.1, 0.15) is 0 Å². The molecule has 1 atom stereocenters. The van der Waals surface area contributed by atoms with Gasteiger partial charge in [0, 0.05) is 19.5 Å². The zero-order chi connectivity index (χ0) is 11.7. The van der Waals surface area contributed by atoms with Crippen molar-refractivity contribution in [2.24, 2.45) is 5.92 Å². The molecule has 0 bridgehead atoms. The molecule has 1 aliphatic carbocycles. The Balaban J connectivity index is 1.76. The highest BCUT2D eigenvalue weighted by Gasteiger charge is 2.50. The van der Waals surface area contributed by atoms with Gasteiger partial charge in [-0.25, -0.2) is 0 Å². The van der Waals surface area contributed by atoms with Crippen molar-refractivity contribution in [1.82, 2.24) is 4.90 Å². The lowest BCUT2D eigenvalue weighted by Crippen LogP contribution is -2.50. The number of carbonyl (C=O) groups excluding carboxylic acids is 1. The maximum absolute atomic E-state index is 12.5. The SMILES string of the molecule is O=C(C1CCCCC12OCCO2)N1CCCC1. The van der Waals surface area contributed by atoms with E-state index in [1.807, 2.05) is 4.90 Å². The van der Waals surface area contributed by atoms with Gasteiger partial charge in [0.2, 0.25) is 5.91 Å². The normalized spacial score (nSPS) is 32.2. The number of hydrogen-bond donors (Lipinski definition) is 0. The predicted octanol–water partition coefficient (Wildman–Crippen LogP) is 1.54. The van der Waals surface area contributed by atoms with Crippen LogP contribution in [0, 0.1) is 5.92 Å². The van der Waals surface area contributed by atoms with E-state index in [-0.39, 0.29) is 11.8 Å². The van der Waals surface area contributed by atoms with Gasteiger partial charge in [0.15, 0.2) is 5.79 Å². The Hall–Kier alpha value is -0.610. The molecule has 3 rings (SSSR count). The molecule has 1 spiro atoms. The van der Waals surface area contributed by atoms with Crippen LogP contribution in [-0.2, 0) is 14.3 Å². The Morgan fingerprint density at radius 2 is 1.76 bits per heavy atom. The van der Waals surface area contributed by atoms with Crippen molar-refractivity contribution in [3.05, 3.63) is 0 Å². The second-order valence-corrected chi connectivity index (χ2v) is 5.34. The summed E-state index contributed by atoms with van der Waals surface area (Å²) in [6, 6.07) is 0. The molecule has 3 aliphatic rings. The molecule has 0 aromatic heterocycles. The Morgan fingerprint density at radius 1 is 1.06 bits per heavy atom. The number of amides is 1. The number of rotatable bonds is 1. The van der Waals surface area contributed by atoms with Crippen LogP contribution in [-0.4, -0.2) is 42.9 Å². The summed E-state index contributed by atoms with van der Waals surface area (Å²) in [6.45, 7) is 3.13. The molecule has 2 saturated heterocycles. The van der Waals surface area contributed by atoms with Crippen LogP contribution in [0.15, 0.2) is 0 Å². The molecule has 0 radical (unpaired) electrons. The van der Waals surface area contributed by atoms with Crippen LogP contribution in [0.5, 0.6) is 0 Å². The van der Waals surface area contributed by atoms with E-state index in [2.05, 4.69) is 0 Å². The van der Waals surface area contributed by atoms with Gasteiger partial charge in [-0.3, -0.25) is 4.79 Å². The lowest BCUT2D eigenvalue weighted by atomic mass is 9.82. The fraction of sp³-hybridized carbons (Fsp3) is 0.923. The van der Waals surface area contributed by atoms with Crippen LogP contribution in [0.2, 0.25) is 0 Å². The summed E-state index contributed by atoms with van der Waals surface area (Å²) in [5.74, 6) is -0.362. The Labute approximate surface area is 102 Å². The van der Waals surface area contributed by atoms with E-state index in [4.69, 9.17) is 9.47 Å². The van der Waals surface area contributed by atoms with Crippen LogP contribution in [0.4, 0.5) is 0 Å². The molecular formula is C13H21NO3. The van der Waals surface area contributed by atoms with Gasteiger partial charge >= 0.3 is 0 Å². The quantitative estimate of drug-likeness (QED) is 0.696. The first kappa shape index (κ1) is 11.5. The van der Waals surface area contributed by atoms with Crippen molar-refractivity contribution in [2.45, 2.75) is 44.3 Å². The van der Waals surface area contributed by atoms with Gasteiger partial charge in [-0.05, 0) is 25.7 Å². The Kier molecular flexibility index (Phi) is 3.09. The largest absolute Gasteiger partial charge is 0.347 e. The van der Waals surface area contributed by atoms with E-state index in [9.17, 15) is 4.79 Å². The van der Waals surface area contributed by atoms with Crippen LogP contribution < -0.4 is 0 Å². The number of hydrogen-bond acceptors (Lipinski definition) is 3. The third kappa shape index (κ3) is 1.97. The van der Waals surface area contributed by atoms with Crippen molar-refractivity contribution in [1.29, 1.82) is 0 Å². The molecule has 2 aliphatic heterocycles. The first-order valence-corrected chi connectivity index (χ1v) is 6.88. The number of nitrogens with zero attached hydrogens (tertiary/aromatic N) is 1. The van der Waals surface area contributed by atoms with Crippen molar-refractivity contribution < 1.29 is 14.3 Å². The van der Waals surface area contributed by atoms with Crippen molar-refractivity contribution in [3.8, 4) is 0 Å². The summed E-state index contributed by atoms with van der Waals surface area (Å²) < 4.78 is 11.6.